The van der Waals surface area contributed by atoms with Crippen LogP contribution in [0.2, 0.25) is 0 Å². The Labute approximate surface area is 234 Å². The molecular formula is C36H52N2. The fourth-order valence-electron chi connectivity index (χ4n) is 5.23. The highest BCUT2D eigenvalue weighted by Crippen LogP contribution is 2.38. The molecule has 0 aromatic heterocycles. The third-order valence-electron chi connectivity index (χ3n) is 7.62. The number of fused-ring (bicyclic) bond motifs is 2. The molecule has 1 aliphatic carbocycles. The SMILES string of the molecule is CC.CC1=C=CCN(C)C1.CCC1=CCC=C(C)C1C.CCc1ccc2c(c1)Cc1cc(C)ccc1N2C. The zero-order valence-corrected chi connectivity index (χ0v) is 25.9. The van der Waals surface area contributed by atoms with Gasteiger partial charge in [0, 0.05) is 37.9 Å². The lowest BCUT2D eigenvalue weighted by Crippen LogP contribution is -2.21. The van der Waals surface area contributed by atoms with E-state index in [-0.39, 0.29) is 0 Å². The molecular weight excluding hydrogens is 460 g/mol. The highest BCUT2D eigenvalue weighted by atomic mass is 15.1. The maximum absolute atomic E-state index is 3.16. The molecule has 0 fully saturated rings. The van der Waals surface area contributed by atoms with Crippen LogP contribution in [-0.4, -0.2) is 32.1 Å². The quantitative estimate of drug-likeness (QED) is 0.292. The molecule has 0 saturated carbocycles. The van der Waals surface area contributed by atoms with Crippen LogP contribution < -0.4 is 4.90 Å². The van der Waals surface area contributed by atoms with Crippen LogP contribution in [0.25, 0.3) is 0 Å². The van der Waals surface area contributed by atoms with Crippen molar-refractivity contribution in [2.45, 2.75) is 81.1 Å². The molecule has 0 spiro atoms. The monoisotopic (exact) mass is 512 g/mol. The van der Waals surface area contributed by atoms with E-state index in [2.05, 4.69) is 126 Å². The number of benzene rings is 2. The van der Waals surface area contributed by atoms with Crippen molar-refractivity contribution in [3.8, 4) is 0 Å². The fraction of sp³-hybridized carbons (Fsp3) is 0.472. The van der Waals surface area contributed by atoms with Crippen LogP contribution in [0, 0.1) is 12.8 Å². The van der Waals surface area contributed by atoms with Gasteiger partial charge in [0.1, 0.15) is 0 Å². The number of nitrogens with zero attached hydrogens (tertiary/aromatic N) is 2. The van der Waals surface area contributed by atoms with Gasteiger partial charge in [0.05, 0.1) is 0 Å². The van der Waals surface area contributed by atoms with E-state index >= 15 is 0 Å². The smallest absolute Gasteiger partial charge is 0.0444 e. The van der Waals surface area contributed by atoms with Crippen LogP contribution in [-0.2, 0) is 12.8 Å². The van der Waals surface area contributed by atoms with Gasteiger partial charge < -0.3 is 4.90 Å². The second-order valence-electron chi connectivity index (χ2n) is 10.5. The predicted octanol–water partition coefficient (Wildman–Crippen LogP) is 9.60. The molecule has 0 radical (unpaired) electrons. The Kier molecular flexibility index (Phi) is 12.9. The lowest BCUT2D eigenvalue weighted by Gasteiger charge is -2.30. The Balaban J connectivity index is 0.000000215. The number of hydrogen-bond donors (Lipinski definition) is 0. The molecule has 1 atom stereocenters. The number of aryl methyl sites for hydroxylation is 2. The molecule has 206 valence electrons. The Morgan fingerprint density at radius 1 is 0.868 bits per heavy atom. The molecule has 2 aromatic rings. The second kappa shape index (κ2) is 15.6. The summed E-state index contributed by atoms with van der Waals surface area (Å²) in [6.45, 7) is 19.4. The molecule has 2 aromatic carbocycles. The molecule has 5 rings (SSSR count). The first-order valence-electron chi connectivity index (χ1n) is 14.6. The van der Waals surface area contributed by atoms with Gasteiger partial charge in [-0.1, -0.05) is 87.7 Å². The van der Waals surface area contributed by atoms with Crippen molar-refractivity contribution in [2.24, 2.45) is 5.92 Å². The van der Waals surface area contributed by atoms with Gasteiger partial charge in [-0.2, -0.15) is 0 Å². The summed E-state index contributed by atoms with van der Waals surface area (Å²) in [5.74, 6) is 0.707. The zero-order chi connectivity index (χ0) is 28.2. The average Bonchev–Trinajstić information content (AvgIpc) is 2.91. The number of anilines is 2. The maximum atomic E-state index is 3.16. The van der Waals surface area contributed by atoms with Crippen molar-refractivity contribution in [1.82, 2.24) is 4.90 Å². The van der Waals surface area contributed by atoms with Gasteiger partial charge >= 0.3 is 0 Å². The summed E-state index contributed by atoms with van der Waals surface area (Å²) in [6.07, 6.45) is 11.3. The predicted molar refractivity (Wildman–Crippen MR) is 170 cm³/mol. The van der Waals surface area contributed by atoms with E-state index in [0.717, 1.165) is 32.4 Å². The minimum Gasteiger partial charge on any atom is -0.344 e. The van der Waals surface area contributed by atoms with Gasteiger partial charge in [-0.15, -0.1) is 5.73 Å². The lowest BCUT2D eigenvalue weighted by molar-refractivity contribution is 0.397. The second-order valence-corrected chi connectivity index (χ2v) is 10.5. The van der Waals surface area contributed by atoms with Crippen LogP contribution in [0.4, 0.5) is 11.4 Å². The lowest BCUT2D eigenvalue weighted by atomic mass is 9.87. The maximum Gasteiger partial charge on any atom is 0.0444 e. The Bertz CT molecular complexity index is 1170. The van der Waals surface area contributed by atoms with Crippen LogP contribution in [0.5, 0.6) is 0 Å². The Hall–Kier alpha value is -2.80. The molecule has 2 heterocycles. The molecule has 1 unspecified atom stereocenters. The number of allylic oxidation sites excluding steroid dienone is 4. The van der Waals surface area contributed by atoms with E-state index in [1.54, 1.807) is 11.1 Å². The third-order valence-corrected chi connectivity index (χ3v) is 7.62. The summed E-state index contributed by atoms with van der Waals surface area (Å²) in [6, 6.07) is 13.6. The largest absolute Gasteiger partial charge is 0.344 e. The van der Waals surface area contributed by atoms with Gasteiger partial charge in [0.2, 0.25) is 0 Å². The van der Waals surface area contributed by atoms with Gasteiger partial charge in [0.15, 0.2) is 0 Å². The van der Waals surface area contributed by atoms with Crippen molar-refractivity contribution >= 4 is 11.4 Å². The molecule has 2 nitrogen and oxygen atoms in total. The van der Waals surface area contributed by atoms with Gasteiger partial charge in [-0.25, -0.2) is 0 Å². The summed E-state index contributed by atoms with van der Waals surface area (Å²) < 4.78 is 0. The van der Waals surface area contributed by atoms with E-state index in [1.807, 2.05) is 13.8 Å². The molecule has 0 bridgehead atoms. The van der Waals surface area contributed by atoms with E-state index in [4.69, 9.17) is 0 Å². The van der Waals surface area contributed by atoms with Crippen LogP contribution in [0.3, 0.4) is 0 Å². The minimum absolute atomic E-state index is 0.707. The zero-order valence-electron chi connectivity index (χ0n) is 25.9. The highest BCUT2D eigenvalue weighted by Gasteiger charge is 2.19. The molecule has 0 saturated heterocycles. The minimum atomic E-state index is 0.707. The average molecular weight is 513 g/mol. The Morgan fingerprint density at radius 3 is 2.08 bits per heavy atom. The first-order chi connectivity index (χ1) is 18.2. The summed E-state index contributed by atoms with van der Waals surface area (Å²) >= 11 is 0. The van der Waals surface area contributed by atoms with Gasteiger partial charge in [0.25, 0.3) is 0 Å². The van der Waals surface area contributed by atoms with Crippen molar-refractivity contribution in [1.29, 1.82) is 0 Å². The van der Waals surface area contributed by atoms with Gasteiger partial charge in [-0.3, -0.25) is 4.90 Å². The third kappa shape index (κ3) is 8.62. The van der Waals surface area contributed by atoms with Crippen LogP contribution in [0.15, 0.2) is 77.1 Å². The van der Waals surface area contributed by atoms with Gasteiger partial charge in [-0.05, 0) is 93.5 Å². The topological polar surface area (TPSA) is 6.48 Å². The number of hydrogen-bond acceptors (Lipinski definition) is 2. The normalized spacial score (nSPS) is 17.6. The first kappa shape index (κ1) is 31.4. The highest BCUT2D eigenvalue weighted by molar-refractivity contribution is 5.74. The molecule has 0 amide bonds. The number of rotatable bonds is 2. The van der Waals surface area contributed by atoms with Crippen LogP contribution >= 0.6 is 0 Å². The summed E-state index contributed by atoms with van der Waals surface area (Å²) in [5, 5.41) is 0. The van der Waals surface area contributed by atoms with E-state index < -0.39 is 0 Å². The van der Waals surface area contributed by atoms with E-state index in [9.17, 15) is 0 Å². The molecule has 0 N–H and O–H groups in total. The first-order valence-corrected chi connectivity index (χ1v) is 14.6. The van der Waals surface area contributed by atoms with Crippen molar-refractivity contribution in [3.05, 3.63) is 99.3 Å². The Morgan fingerprint density at radius 2 is 1.53 bits per heavy atom. The van der Waals surface area contributed by atoms with E-state index in [1.165, 1.54) is 45.6 Å². The molecule has 2 heteroatoms. The molecule has 38 heavy (non-hydrogen) atoms. The summed E-state index contributed by atoms with van der Waals surface area (Å²) in [7, 11) is 4.28. The summed E-state index contributed by atoms with van der Waals surface area (Å²) in [4.78, 5) is 4.57. The van der Waals surface area contributed by atoms with Crippen molar-refractivity contribution in [2.75, 3.05) is 32.1 Å². The summed E-state index contributed by atoms with van der Waals surface area (Å²) in [5.41, 5.74) is 16.0. The van der Waals surface area contributed by atoms with Crippen molar-refractivity contribution in [3.63, 3.8) is 0 Å². The van der Waals surface area contributed by atoms with Crippen LogP contribution in [0.1, 0.15) is 83.6 Å². The standard InChI is InChI=1S/C17H19N.C10H16.C7H11N.C2H6/c1-4-13-6-8-17-15(10-13)11-14-9-12(2)5-7-16(14)18(17)3;1-4-10-7-5-6-8(2)9(10)3;1-7-4-3-5-8(2)6-7;1-2/h5-10H,4,11H2,1-3H3;6-7,9H,4-5H2,1-3H3;3H,5-6H2,1-2H3;1-2H3. The molecule has 2 aliphatic heterocycles. The van der Waals surface area contributed by atoms with E-state index in [0.29, 0.717) is 5.92 Å². The number of likely N-dealkylation sites (N-methyl/N-ethyl adjacent to an activating group) is 1. The molecule has 3 aliphatic rings. The van der Waals surface area contributed by atoms with Crippen molar-refractivity contribution < 1.29 is 0 Å². The fourth-order valence-corrected chi connectivity index (χ4v) is 5.23.